The second-order valence-corrected chi connectivity index (χ2v) is 11.1. The largest absolute Gasteiger partial charge is 0.491 e. The molecule has 10 heteroatoms. The van der Waals surface area contributed by atoms with Crippen LogP contribution in [0.5, 0.6) is 5.75 Å². The van der Waals surface area contributed by atoms with Gasteiger partial charge in [0.25, 0.3) is 5.56 Å². The number of hydrogen-bond donors (Lipinski definition) is 0. The van der Waals surface area contributed by atoms with Crippen LogP contribution in [0.3, 0.4) is 0 Å². The van der Waals surface area contributed by atoms with E-state index in [-0.39, 0.29) is 30.8 Å². The number of para-hydroxylation sites is 2. The molecule has 1 aliphatic rings. The number of aromatic nitrogens is 2. The highest BCUT2D eigenvalue weighted by molar-refractivity contribution is 7.07. The molecule has 1 aliphatic heterocycles. The molecule has 42 heavy (non-hydrogen) atoms. The fourth-order valence-electron chi connectivity index (χ4n) is 5.16. The topological polar surface area (TPSA) is 101 Å². The number of carbonyl (C=O) groups is 2. The first-order valence-corrected chi connectivity index (χ1v) is 14.7. The van der Waals surface area contributed by atoms with Crippen LogP contribution in [0.15, 0.2) is 75.8 Å². The summed E-state index contributed by atoms with van der Waals surface area (Å²) < 4.78 is 20.5. The van der Waals surface area contributed by atoms with Crippen molar-refractivity contribution in [2.75, 3.05) is 13.2 Å². The maximum Gasteiger partial charge on any atom is 0.338 e. The summed E-state index contributed by atoms with van der Waals surface area (Å²) in [6.07, 6.45) is 3.54. The number of benzene rings is 2. The third kappa shape index (κ3) is 5.54. The lowest BCUT2D eigenvalue weighted by molar-refractivity contribution is -0.143. The number of allylic oxidation sites excluding steroid dienone is 1. The summed E-state index contributed by atoms with van der Waals surface area (Å²) in [7, 11) is 0. The second-order valence-electron chi connectivity index (χ2n) is 10.0. The van der Waals surface area contributed by atoms with Crippen LogP contribution in [0.2, 0.25) is 0 Å². The molecule has 2 aromatic carbocycles. The van der Waals surface area contributed by atoms with Crippen LogP contribution >= 0.6 is 11.3 Å². The zero-order valence-electron chi connectivity index (χ0n) is 24.2. The van der Waals surface area contributed by atoms with Crippen molar-refractivity contribution in [1.82, 2.24) is 9.13 Å². The predicted molar refractivity (Wildman–Crippen MR) is 161 cm³/mol. The van der Waals surface area contributed by atoms with E-state index in [2.05, 4.69) is 4.99 Å². The Morgan fingerprint density at radius 1 is 1.05 bits per heavy atom. The molecule has 0 radical (unpaired) electrons. The number of ether oxygens (including phenoxy) is 3. The minimum absolute atomic E-state index is 0.0537. The summed E-state index contributed by atoms with van der Waals surface area (Å²) in [5.41, 5.74) is 2.78. The standard InChI is InChI=1S/C32H33N3O6S/c1-6-39-27(36)18-34-17-21(22-12-8-10-14-24(22)34)16-26-30(37)35-29(23-13-9-11-15-25(23)41-19(3)4)28(31(38)40-7-2)20(5)33-32(35)42-26/h8-17,19,29H,6-7,18H2,1-5H3/b26-16-/t29-/m1/s1. The van der Waals surface area contributed by atoms with E-state index in [1.165, 1.54) is 11.3 Å². The summed E-state index contributed by atoms with van der Waals surface area (Å²) in [4.78, 5) is 44.9. The number of hydrogen-bond acceptors (Lipinski definition) is 8. The Morgan fingerprint density at radius 3 is 2.50 bits per heavy atom. The molecule has 218 valence electrons. The Hall–Kier alpha value is -4.44. The zero-order chi connectivity index (χ0) is 30.0. The Labute approximate surface area is 247 Å². The summed E-state index contributed by atoms with van der Waals surface area (Å²) in [5.74, 6) is -0.293. The molecule has 9 nitrogen and oxygen atoms in total. The molecule has 0 fully saturated rings. The molecule has 0 N–H and O–H groups in total. The molecule has 0 saturated carbocycles. The Bertz CT molecular complexity index is 1880. The van der Waals surface area contributed by atoms with Gasteiger partial charge in [-0.15, -0.1) is 0 Å². The Kier molecular flexibility index (Phi) is 8.44. The molecular formula is C32H33N3O6S. The van der Waals surface area contributed by atoms with E-state index in [4.69, 9.17) is 14.2 Å². The van der Waals surface area contributed by atoms with Gasteiger partial charge in [-0.1, -0.05) is 47.7 Å². The number of carbonyl (C=O) groups excluding carboxylic acids is 2. The summed E-state index contributed by atoms with van der Waals surface area (Å²) in [6, 6.07) is 14.3. The van der Waals surface area contributed by atoms with Gasteiger partial charge < -0.3 is 18.8 Å². The maximum absolute atomic E-state index is 14.2. The minimum Gasteiger partial charge on any atom is -0.491 e. The van der Waals surface area contributed by atoms with Crippen molar-refractivity contribution < 1.29 is 23.8 Å². The second kappa shape index (κ2) is 12.2. The van der Waals surface area contributed by atoms with Crippen LogP contribution in [-0.2, 0) is 25.6 Å². The highest BCUT2D eigenvalue weighted by Gasteiger charge is 2.35. The lowest BCUT2D eigenvalue weighted by Gasteiger charge is -2.26. The summed E-state index contributed by atoms with van der Waals surface area (Å²) in [6.45, 7) is 9.66. The van der Waals surface area contributed by atoms with Crippen molar-refractivity contribution in [2.24, 2.45) is 4.99 Å². The fraction of sp³-hybridized carbons (Fsp3) is 0.312. The van der Waals surface area contributed by atoms with Crippen molar-refractivity contribution in [2.45, 2.75) is 53.3 Å². The van der Waals surface area contributed by atoms with Crippen LogP contribution in [0, 0.1) is 0 Å². The quantitative estimate of drug-likeness (QED) is 0.273. The molecule has 1 atom stereocenters. The number of nitrogens with zero attached hydrogens (tertiary/aromatic N) is 3. The van der Waals surface area contributed by atoms with Crippen LogP contribution in [0.25, 0.3) is 17.0 Å². The van der Waals surface area contributed by atoms with Gasteiger partial charge in [0.15, 0.2) is 4.80 Å². The van der Waals surface area contributed by atoms with Crippen LogP contribution in [0.4, 0.5) is 0 Å². The van der Waals surface area contributed by atoms with E-state index in [1.54, 1.807) is 25.3 Å². The van der Waals surface area contributed by atoms with Crippen LogP contribution < -0.4 is 19.6 Å². The van der Waals surface area contributed by atoms with E-state index in [9.17, 15) is 14.4 Å². The normalized spacial score (nSPS) is 15.1. The van der Waals surface area contributed by atoms with Gasteiger partial charge in [0.05, 0.1) is 35.1 Å². The average molecular weight is 588 g/mol. The van der Waals surface area contributed by atoms with Crippen LogP contribution in [-0.4, -0.2) is 40.4 Å². The molecule has 0 amide bonds. The van der Waals surface area contributed by atoms with Crippen molar-refractivity contribution >= 4 is 40.3 Å². The molecule has 4 aromatic rings. The van der Waals surface area contributed by atoms with Gasteiger partial charge in [0.1, 0.15) is 18.3 Å². The molecule has 2 aromatic heterocycles. The lowest BCUT2D eigenvalue weighted by Crippen LogP contribution is -2.40. The van der Waals surface area contributed by atoms with Crippen molar-refractivity contribution in [3.8, 4) is 5.75 Å². The minimum atomic E-state index is -0.789. The number of thiazole rings is 1. The van der Waals surface area contributed by atoms with Gasteiger partial charge in [-0.05, 0) is 52.8 Å². The smallest absolute Gasteiger partial charge is 0.338 e. The SMILES string of the molecule is CCOC(=O)Cn1cc(/C=c2\sc3n(c2=O)[C@H](c2ccccc2OC(C)C)C(C(=O)OCC)=C(C)N=3)c2ccccc21. The molecular weight excluding hydrogens is 554 g/mol. The van der Waals surface area contributed by atoms with Gasteiger partial charge >= 0.3 is 11.9 Å². The van der Waals surface area contributed by atoms with E-state index in [0.717, 1.165) is 16.5 Å². The number of rotatable bonds is 9. The Morgan fingerprint density at radius 2 is 1.76 bits per heavy atom. The summed E-state index contributed by atoms with van der Waals surface area (Å²) >= 11 is 1.25. The highest BCUT2D eigenvalue weighted by atomic mass is 32.1. The molecule has 0 unspecified atom stereocenters. The van der Waals surface area contributed by atoms with E-state index in [0.29, 0.717) is 38.5 Å². The first kappa shape index (κ1) is 29.1. The fourth-order valence-corrected chi connectivity index (χ4v) is 6.20. The van der Waals surface area contributed by atoms with E-state index in [1.807, 2.05) is 79.2 Å². The van der Waals surface area contributed by atoms with Gasteiger partial charge in [0, 0.05) is 28.2 Å². The van der Waals surface area contributed by atoms with Crippen molar-refractivity contribution in [1.29, 1.82) is 0 Å². The molecule has 0 aliphatic carbocycles. The molecule has 0 saturated heterocycles. The lowest BCUT2D eigenvalue weighted by atomic mass is 9.95. The molecule has 3 heterocycles. The third-order valence-electron chi connectivity index (χ3n) is 6.80. The van der Waals surface area contributed by atoms with Gasteiger partial charge in [-0.2, -0.15) is 0 Å². The predicted octanol–water partition coefficient (Wildman–Crippen LogP) is 4.10. The molecule has 0 spiro atoms. The van der Waals surface area contributed by atoms with Gasteiger partial charge in [0.2, 0.25) is 0 Å². The Balaban J connectivity index is 1.71. The first-order chi connectivity index (χ1) is 20.2. The van der Waals surface area contributed by atoms with Crippen molar-refractivity contribution in [3.05, 3.63) is 96.8 Å². The zero-order valence-corrected chi connectivity index (χ0v) is 25.1. The highest BCUT2D eigenvalue weighted by Crippen LogP contribution is 2.36. The van der Waals surface area contributed by atoms with Gasteiger partial charge in [-0.3, -0.25) is 14.2 Å². The van der Waals surface area contributed by atoms with E-state index >= 15 is 0 Å². The average Bonchev–Trinajstić information content (AvgIpc) is 3.44. The molecule has 5 rings (SSSR count). The van der Waals surface area contributed by atoms with Gasteiger partial charge in [-0.25, -0.2) is 9.79 Å². The van der Waals surface area contributed by atoms with Crippen LogP contribution in [0.1, 0.15) is 51.8 Å². The third-order valence-corrected chi connectivity index (χ3v) is 7.79. The number of esters is 2. The monoisotopic (exact) mass is 587 g/mol. The molecule has 0 bridgehead atoms. The maximum atomic E-state index is 14.2. The number of fused-ring (bicyclic) bond motifs is 2. The van der Waals surface area contributed by atoms with E-state index < -0.39 is 12.0 Å². The van der Waals surface area contributed by atoms with Crippen molar-refractivity contribution in [3.63, 3.8) is 0 Å². The first-order valence-electron chi connectivity index (χ1n) is 13.9. The summed E-state index contributed by atoms with van der Waals surface area (Å²) in [5, 5.41) is 0.892.